The number of nitrogens with one attached hydrogen (secondary N) is 2. The van der Waals surface area contributed by atoms with Gasteiger partial charge in [-0.1, -0.05) is 36.4 Å². The first kappa shape index (κ1) is 20.2. The van der Waals surface area contributed by atoms with E-state index in [1.54, 1.807) is 41.9 Å². The van der Waals surface area contributed by atoms with Gasteiger partial charge in [-0.15, -0.1) is 11.3 Å². The summed E-state index contributed by atoms with van der Waals surface area (Å²) in [6.45, 7) is 0.391. The fourth-order valence-corrected chi connectivity index (χ4v) is 5.30. The fraction of sp³-hybridized carbons (Fsp3) is 0.0435. The quantitative estimate of drug-likeness (QED) is 0.352. The first-order valence-electron chi connectivity index (χ1n) is 9.77. The standard InChI is InChI=1S/C23H18N4O3S2/c28-32(29,21-9-5-13-31-21)27-19-11-10-17(30-15-16-6-2-1-3-7-16)14-18(19)22-25-20-8-4-12-24-23(20)26-22/h1-14,27H,15H2,(H,24,25,26). The predicted octanol–water partition coefficient (Wildman–Crippen LogP) is 5.07. The number of H-pyrrole nitrogens is 1. The van der Waals surface area contributed by atoms with Crippen LogP contribution in [-0.2, 0) is 16.6 Å². The number of thiophene rings is 1. The first-order chi connectivity index (χ1) is 15.6. The topological polar surface area (TPSA) is 97.0 Å². The molecule has 3 heterocycles. The molecule has 0 saturated carbocycles. The first-order valence-corrected chi connectivity index (χ1v) is 12.1. The van der Waals surface area contributed by atoms with Crippen molar-refractivity contribution in [3.05, 3.63) is 89.9 Å². The van der Waals surface area contributed by atoms with Crippen LogP contribution < -0.4 is 9.46 Å². The number of hydrogen-bond acceptors (Lipinski definition) is 6. The van der Waals surface area contributed by atoms with Gasteiger partial charge in [0.1, 0.15) is 22.4 Å². The smallest absolute Gasteiger partial charge is 0.271 e. The summed E-state index contributed by atoms with van der Waals surface area (Å²) < 4.78 is 34.5. The Labute approximate surface area is 188 Å². The lowest BCUT2D eigenvalue weighted by atomic mass is 10.1. The van der Waals surface area contributed by atoms with E-state index in [2.05, 4.69) is 19.7 Å². The Balaban J connectivity index is 1.53. The summed E-state index contributed by atoms with van der Waals surface area (Å²) in [5.74, 6) is 1.09. The average molecular weight is 463 g/mol. The van der Waals surface area contributed by atoms with E-state index in [4.69, 9.17) is 4.74 Å². The van der Waals surface area contributed by atoms with E-state index in [1.165, 1.54) is 0 Å². The van der Waals surface area contributed by atoms with Crippen LogP contribution in [-0.4, -0.2) is 23.4 Å². The number of anilines is 1. The number of fused-ring (bicyclic) bond motifs is 1. The van der Waals surface area contributed by atoms with Gasteiger partial charge in [-0.2, -0.15) is 0 Å². The molecule has 32 heavy (non-hydrogen) atoms. The van der Waals surface area contributed by atoms with Gasteiger partial charge in [0.2, 0.25) is 0 Å². The lowest BCUT2D eigenvalue weighted by Crippen LogP contribution is -2.12. The van der Waals surface area contributed by atoms with Crippen molar-refractivity contribution in [3.63, 3.8) is 0 Å². The minimum absolute atomic E-state index is 0.235. The monoisotopic (exact) mass is 462 g/mol. The number of imidazole rings is 1. The van der Waals surface area contributed by atoms with E-state index >= 15 is 0 Å². The van der Waals surface area contributed by atoms with E-state index < -0.39 is 10.0 Å². The largest absolute Gasteiger partial charge is 0.489 e. The molecule has 0 unspecified atom stereocenters. The molecule has 0 bridgehead atoms. The van der Waals surface area contributed by atoms with Gasteiger partial charge in [0.05, 0.1) is 11.2 Å². The second-order valence-electron chi connectivity index (χ2n) is 6.98. The van der Waals surface area contributed by atoms with Gasteiger partial charge in [0.15, 0.2) is 5.65 Å². The highest BCUT2D eigenvalue weighted by Crippen LogP contribution is 2.33. The lowest BCUT2D eigenvalue weighted by molar-refractivity contribution is 0.306. The van der Waals surface area contributed by atoms with Crippen LogP contribution in [0.1, 0.15) is 5.56 Å². The third-order valence-electron chi connectivity index (χ3n) is 4.76. The van der Waals surface area contributed by atoms with Crippen LogP contribution in [0.3, 0.4) is 0 Å². The van der Waals surface area contributed by atoms with Crippen LogP contribution in [0.25, 0.3) is 22.6 Å². The minimum Gasteiger partial charge on any atom is -0.489 e. The van der Waals surface area contributed by atoms with Gasteiger partial charge in [-0.05, 0) is 47.3 Å². The Hall–Kier alpha value is -3.69. The van der Waals surface area contributed by atoms with E-state index in [0.29, 0.717) is 35.1 Å². The van der Waals surface area contributed by atoms with E-state index in [9.17, 15) is 8.42 Å². The summed E-state index contributed by atoms with van der Waals surface area (Å²) in [4.78, 5) is 12.0. The minimum atomic E-state index is -3.73. The third-order valence-corrected chi connectivity index (χ3v) is 7.52. The summed E-state index contributed by atoms with van der Waals surface area (Å²) in [5.41, 5.74) is 3.29. The van der Waals surface area contributed by atoms with E-state index in [0.717, 1.165) is 22.4 Å². The molecule has 0 aliphatic carbocycles. The maximum Gasteiger partial charge on any atom is 0.271 e. The molecule has 5 aromatic rings. The number of sulfonamides is 1. The molecule has 0 fully saturated rings. The van der Waals surface area contributed by atoms with E-state index in [-0.39, 0.29) is 4.21 Å². The van der Waals surface area contributed by atoms with Gasteiger partial charge in [-0.3, -0.25) is 4.72 Å². The molecule has 0 aliphatic heterocycles. The van der Waals surface area contributed by atoms with Crippen LogP contribution in [0.5, 0.6) is 5.75 Å². The molecule has 3 aromatic heterocycles. The average Bonchev–Trinajstić information content (AvgIpc) is 3.49. The molecule has 0 aliphatic rings. The van der Waals surface area contributed by atoms with Crippen molar-refractivity contribution in [1.29, 1.82) is 0 Å². The second kappa shape index (κ2) is 8.45. The zero-order valence-corrected chi connectivity index (χ0v) is 18.4. The van der Waals surface area contributed by atoms with Crippen molar-refractivity contribution in [2.45, 2.75) is 10.8 Å². The summed E-state index contributed by atoms with van der Waals surface area (Å²) in [5, 5.41) is 1.72. The Morgan fingerprint density at radius 1 is 1.00 bits per heavy atom. The molecule has 0 spiro atoms. The molecule has 0 saturated heterocycles. The van der Waals surface area contributed by atoms with Crippen molar-refractivity contribution in [1.82, 2.24) is 15.0 Å². The fourth-order valence-electron chi connectivity index (χ4n) is 3.22. The number of hydrogen-bond donors (Lipinski definition) is 2. The van der Waals surface area contributed by atoms with Gasteiger partial charge in [-0.25, -0.2) is 18.4 Å². The Kier molecular flexibility index (Phi) is 5.34. The van der Waals surface area contributed by atoms with E-state index in [1.807, 2.05) is 42.5 Å². The molecule has 0 amide bonds. The van der Waals surface area contributed by atoms with Crippen molar-refractivity contribution in [2.24, 2.45) is 0 Å². The predicted molar refractivity (Wildman–Crippen MR) is 125 cm³/mol. The molecule has 5 rings (SSSR count). The lowest BCUT2D eigenvalue weighted by Gasteiger charge is -2.13. The molecule has 9 heteroatoms. The number of rotatable bonds is 7. The maximum absolute atomic E-state index is 12.8. The summed E-state index contributed by atoms with van der Waals surface area (Å²) >= 11 is 1.15. The number of ether oxygens (including phenoxy) is 1. The molecule has 0 atom stereocenters. The molecule has 7 nitrogen and oxygen atoms in total. The summed E-state index contributed by atoms with van der Waals surface area (Å²) in [6, 6.07) is 21.9. The van der Waals surface area contributed by atoms with Crippen molar-refractivity contribution in [3.8, 4) is 17.1 Å². The highest BCUT2D eigenvalue weighted by atomic mass is 32.2. The molecular weight excluding hydrogens is 444 g/mol. The van der Waals surface area contributed by atoms with Crippen LogP contribution in [0, 0.1) is 0 Å². The van der Waals surface area contributed by atoms with Gasteiger partial charge in [0.25, 0.3) is 10.0 Å². The van der Waals surface area contributed by atoms with Crippen LogP contribution in [0.15, 0.2) is 88.6 Å². The SMILES string of the molecule is O=S(=O)(Nc1ccc(OCc2ccccc2)cc1-c1nc2ncccc2[nH]1)c1cccs1. The molecule has 2 N–H and O–H groups in total. The zero-order chi connectivity index (χ0) is 22.0. The van der Waals surface area contributed by atoms with Crippen LogP contribution in [0.2, 0.25) is 0 Å². The third kappa shape index (κ3) is 4.20. The molecule has 2 aromatic carbocycles. The van der Waals surface area contributed by atoms with Gasteiger partial charge in [0, 0.05) is 11.8 Å². The normalized spacial score (nSPS) is 11.5. The van der Waals surface area contributed by atoms with Gasteiger partial charge >= 0.3 is 0 Å². The number of nitrogens with zero attached hydrogens (tertiary/aromatic N) is 2. The Bertz CT molecular complexity index is 1430. The van der Waals surface area contributed by atoms with Crippen molar-refractivity contribution < 1.29 is 13.2 Å². The Morgan fingerprint density at radius 3 is 2.66 bits per heavy atom. The summed E-state index contributed by atoms with van der Waals surface area (Å²) in [7, 11) is -3.73. The molecule has 160 valence electrons. The second-order valence-corrected chi connectivity index (χ2v) is 9.84. The Morgan fingerprint density at radius 2 is 1.88 bits per heavy atom. The highest BCUT2D eigenvalue weighted by molar-refractivity contribution is 7.94. The number of aromatic amines is 1. The van der Waals surface area contributed by atoms with Crippen molar-refractivity contribution in [2.75, 3.05) is 4.72 Å². The molecule has 0 radical (unpaired) electrons. The highest BCUT2D eigenvalue weighted by Gasteiger charge is 2.20. The van der Waals surface area contributed by atoms with Crippen LogP contribution >= 0.6 is 11.3 Å². The van der Waals surface area contributed by atoms with Crippen molar-refractivity contribution >= 4 is 38.2 Å². The number of benzene rings is 2. The van der Waals surface area contributed by atoms with Gasteiger partial charge < -0.3 is 9.72 Å². The zero-order valence-electron chi connectivity index (χ0n) is 16.7. The number of aromatic nitrogens is 3. The number of pyridine rings is 1. The molecular formula is C23H18N4O3S2. The maximum atomic E-state index is 12.8. The van der Waals surface area contributed by atoms with Crippen LogP contribution in [0.4, 0.5) is 5.69 Å². The summed E-state index contributed by atoms with van der Waals surface area (Å²) in [6.07, 6.45) is 1.66.